The number of hydrogen-bond acceptors (Lipinski definition) is 8. The van der Waals surface area contributed by atoms with E-state index in [1.165, 1.54) is 11.8 Å². The standard InChI is InChI=1S/C36H36O6S2/c1-44-36(43)42-34-30(38-23-26-16-8-3-9-17-26)32-29(37-22-25-14-6-2-7-15-25)33(31(34)39-24-27-18-10-4-11-19-27)41-35(40-32)28-20-12-5-13-21-28/h2-21,29-35H,22-24H2,1H3/t29?,30-,31+,32+,33-,34?,35?. The Morgan fingerprint density at radius 1 is 0.568 bits per heavy atom. The molecule has 1 aliphatic carbocycles. The maximum absolute atomic E-state index is 6.74. The molecule has 0 aromatic heterocycles. The van der Waals surface area contributed by atoms with Gasteiger partial charge in [0.05, 0.1) is 19.8 Å². The molecule has 0 N–H and O–H groups in total. The fourth-order valence-corrected chi connectivity index (χ4v) is 6.00. The third-order valence-electron chi connectivity index (χ3n) is 7.83. The van der Waals surface area contributed by atoms with E-state index in [1.807, 2.05) is 128 Å². The van der Waals surface area contributed by atoms with E-state index in [9.17, 15) is 0 Å². The Hall–Kier alpha value is -3.08. The van der Waals surface area contributed by atoms with Crippen LogP contribution in [0.5, 0.6) is 0 Å². The van der Waals surface area contributed by atoms with Crippen LogP contribution < -0.4 is 0 Å². The van der Waals surface area contributed by atoms with E-state index in [0.29, 0.717) is 24.2 Å². The zero-order valence-electron chi connectivity index (χ0n) is 24.5. The van der Waals surface area contributed by atoms with Crippen LogP contribution in [-0.4, -0.2) is 47.3 Å². The van der Waals surface area contributed by atoms with Crippen molar-refractivity contribution in [2.75, 3.05) is 6.26 Å². The molecule has 6 rings (SSSR count). The molecule has 2 fully saturated rings. The van der Waals surface area contributed by atoms with Gasteiger partial charge in [-0.1, -0.05) is 133 Å². The van der Waals surface area contributed by atoms with Crippen molar-refractivity contribution < 1.29 is 28.4 Å². The Labute approximate surface area is 268 Å². The molecule has 1 aliphatic heterocycles. The fraction of sp³-hybridized carbons (Fsp3) is 0.306. The summed E-state index contributed by atoms with van der Waals surface area (Å²) in [5.41, 5.74) is 4.04. The van der Waals surface area contributed by atoms with Crippen molar-refractivity contribution in [2.45, 2.75) is 62.7 Å². The Balaban J connectivity index is 1.38. The summed E-state index contributed by atoms with van der Waals surface area (Å²) >= 11 is 6.96. The van der Waals surface area contributed by atoms with Gasteiger partial charge in [-0.25, -0.2) is 0 Å². The Bertz CT molecular complexity index is 1380. The molecule has 1 saturated carbocycles. The number of thioether (sulfide) groups is 1. The van der Waals surface area contributed by atoms with Crippen molar-refractivity contribution in [2.24, 2.45) is 0 Å². The molecule has 6 nitrogen and oxygen atoms in total. The van der Waals surface area contributed by atoms with Gasteiger partial charge in [0.15, 0.2) is 12.4 Å². The van der Waals surface area contributed by atoms with Crippen molar-refractivity contribution in [3.05, 3.63) is 144 Å². The molecule has 4 aromatic rings. The van der Waals surface area contributed by atoms with E-state index in [2.05, 4.69) is 0 Å². The molecule has 228 valence electrons. The number of fused-ring (bicyclic) bond motifs is 2. The predicted molar refractivity (Wildman–Crippen MR) is 175 cm³/mol. The molecule has 8 heteroatoms. The lowest BCUT2D eigenvalue weighted by molar-refractivity contribution is -0.371. The first kappa shape index (κ1) is 30.9. The zero-order valence-corrected chi connectivity index (χ0v) is 26.1. The van der Waals surface area contributed by atoms with Gasteiger partial charge in [-0.3, -0.25) is 0 Å². The minimum absolute atomic E-state index is 0.357. The molecule has 3 unspecified atom stereocenters. The SMILES string of the molecule is CSC(=S)OC1[C@@H](OCc2ccccc2)[C@@H]2OC(c3ccccc3)O[C@@H](C2OCc2ccccc2)[C@H]1OCc1ccccc1. The van der Waals surface area contributed by atoms with Gasteiger partial charge >= 0.3 is 0 Å². The maximum Gasteiger partial charge on any atom is 0.220 e. The first-order valence-corrected chi connectivity index (χ1v) is 16.4. The number of thiocarbonyl (C=S) groups is 1. The van der Waals surface area contributed by atoms with Crippen LogP contribution in [0.1, 0.15) is 28.5 Å². The second-order valence-electron chi connectivity index (χ2n) is 10.8. The van der Waals surface area contributed by atoms with E-state index in [0.717, 1.165) is 22.3 Å². The first-order valence-electron chi connectivity index (χ1n) is 14.8. The number of ether oxygens (including phenoxy) is 6. The molecular formula is C36H36O6S2. The van der Waals surface area contributed by atoms with Crippen molar-refractivity contribution in [1.29, 1.82) is 0 Å². The number of benzene rings is 4. The topological polar surface area (TPSA) is 55.4 Å². The average molecular weight is 629 g/mol. The van der Waals surface area contributed by atoms with Crippen LogP contribution in [0.25, 0.3) is 0 Å². The van der Waals surface area contributed by atoms with Gasteiger partial charge in [0.1, 0.15) is 30.5 Å². The summed E-state index contributed by atoms with van der Waals surface area (Å²) in [5, 5.41) is 0. The van der Waals surface area contributed by atoms with Gasteiger partial charge in [0.25, 0.3) is 0 Å². The van der Waals surface area contributed by atoms with Gasteiger partial charge in [0, 0.05) is 5.56 Å². The molecule has 2 aliphatic rings. The van der Waals surface area contributed by atoms with Crippen LogP contribution >= 0.6 is 24.0 Å². The summed E-state index contributed by atoms with van der Waals surface area (Å²) in [6.45, 7) is 1.10. The third-order valence-corrected chi connectivity index (χ3v) is 8.86. The normalized spacial score (nSPS) is 26.2. The van der Waals surface area contributed by atoms with Gasteiger partial charge in [-0.05, 0) is 35.2 Å². The van der Waals surface area contributed by atoms with Crippen molar-refractivity contribution in [3.8, 4) is 0 Å². The Kier molecular flexibility index (Phi) is 10.7. The fourth-order valence-electron chi connectivity index (χ4n) is 5.68. The molecule has 0 radical (unpaired) electrons. The lowest BCUT2D eigenvalue weighted by Crippen LogP contribution is -2.70. The van der Waals surface area contributed by atoms with Crippen LogP contribution in [0, 0.1) is 0 Å². The molecule has 2 bridgehead atoms. The Morgan fingerprint density at radius 3 is 1.36 bits per heavy atom. The minimum Gasteiger partial charge on any atom is -0.469 e. The average Bonchev–Trinajstić information content (AvgIpc) is 3.08. The zero-order chi connectivity index (χ0) is 30.1. The highest BCUT2D eigenvalue weighted by molar-refractivity contribution is 8.22. The summed E-state index contributed by atoms with van der Waals surface area (Å²) in [7, 11) is 0. The van der Waals surface area contributed by atoms with Gasteiger partial charge in [-0.2, -0.15) is 0 Å². The highest BCUT2D eigenvalue weighted by Crippen LogP contribution is 2.43. The van der Waals surface area contributed by atoms with Crippen LogP contribution in [0.2, 0.25) is 0 Å². The van der Waals surface area contributed by atoms with Crippen molar-refractivity contribution in [3.63, 3.8) is 0 Å². The summed E-state index contributed by atoms with van der Waals surface area (Å²) in [4.78, 5) is 0. The smallest absolute Gasteiger partial charge is 0.220 e. The van der Waals surface area contributed by atoms with Gasteiger partial charge in [-0.15, -0.1) is 0 Å². The van der Waals surface area contributed by atoms with Gasteiger partial charge in [0.2, 0.25) is 4.38 Å². The number of rotatable bonds is 11. The van der Waals surface area contributed by atoms with E-state index in [1.54, 1.807) is 0 Å². The highest BCUT2D eigenvalue weighted by atomic mass is 32.2. The lowest BCUT2D eigenvalue weighted by Gasteiger charge is -2.53. The lowest BCUT2D eigenvalue weighted by atomic mass is 9.82. The van der Waals surface area contributed by atoms with Crippen LogP contribution in [-0.2, 0) is 48.2 Å². The molecule has 7 atom stereocenters. The van der Waals surface area contributed by atoms with E-state index in [4.69, 9.17) is 40.6 Å². The second kappa shape index (κ2) is 15.3. The predicted octanol–water partition coefficient (Wildman–Crippen LogP) is 7.27. The molecule has 1 saturated heterocycles. The van der Waals surface area contributed by atoms with E-state index in [-0.39, 0.29) is 0 Å². The summed E-state index contributed by atoms with van der Waals surface area (Å²) < 4.78 is 40.5. The van der Waals surface area contributed by atoms with Crippen molar-refractivity contribution >= 4 is 28.4 Å². The van der Waals surface area contributed by atoms with E-state index >= 15 is 0 Å². The maximum atomic E-state index is 6.74. The van der Waals surface area contributed by atoms with Crippen LogP contribution in [0.4, 0.5) is 0 Å². The monoisotopic (exact) mass is 628 g/mol. The van der Waals surface area contributed by atoms with E-state index < -0.39 is 42.9 Å². The molecule has 0 amide bonds. The summed E-state index contributed by atoms with van der Waals surface area (Å²) in [6.07, 6.45) is -2.06. The molecule has 44 heavy (non-hydrogen) atoms. The largest absolute Gasteiger partial charge is 0.469 e. The second-order valence-corrected chi connectivity index (χ2v) is 12.2. The summed E-state index contributed by atoms with van der Waals surface area (Å²) in [6, 6.07) is 40.2. The number of hydrogen-bond donors (Lipinski definition) is 0. The molecule has 0 spiro atoms. The third kappa shape index (κ3) is 7.58. The van der Waals surface area contributed by atoms with Crippen molar-refractivity contribution in [1.82, 2.24) is 0 Å². The Morgan fingerprint density at radius 2 is 0.955 bits per heavy atom. The van der Waals surface area contributed by atoms with Crippen LogP contribution in [0.15, 0.2) is 121 Å². The quantitative estimate of drug-likeness (QED) is 0.161. The minimum atomic E-state index is -0.637. The molecule has 4 aromatic carbocycles. The molecule has 1 heterocycles. The first-order chi connectivity index (χ1) is 21.7. The molecular weight excluding hydrogens is 593 g/mol. The van der Waals surface area contributed by atoms with Crippen LogP contribution in [0.3, 0.4) is 0 Å². The summed E-state index contributed by atoms with van der Waals surface area (Å²) in [5.74, 6) is 0. The van der Waals surface area contributed by atoms with Gasteiger partial charge < -0.3 is 28.4 Å². The highest BCUT2D eigenvalue weighted by Gasteiger charge is 2.59.